The van der Waals surface area contributed by atoms with Crippen LogP contribution in [0.25, 0.3) is 0 Å². The second-order valence-corrected chi connectivity index (χ2v) is 5.18. The van der Waals surface area contributed by atoms with Crippen molar-refractivity contribution in [3.8, 4) is 6.07 Å². The number of halogens is 1. The van der Waals surface area contributed by atoms with E-state index < -0.39 is 5.92 Å². The van der Waals surface area contributed by atoms with E-state index in [-0.39, 0.29) is 5.91 Å². The third-order valence-corrected chi connectivity index (χ3v) is 4.00. The Balaban J connectivity index is 2.85. The quantitative estimate of drug-likeness (QED) is 0.915. The van der Waals surface area contributed by atoms with E-state index in [1.165, 1.54) is 0 Å². The molecule has 0 radical (unpaired) electrons. The van der Waals surface area contributed by atoms with E-state index in [1.54, 1.807) is 0 Å². The number of carbonyl (C=O) groups is 1. The number of nitrogens with zero attached hydrogens (tertiary/aromatic N) is 1. The molecule has 3 nitrogen and oxygen atoms in total. The largest absolute Gasteiger partial charge is 0.325 e. The Bertz CT molecular complexity index is 468. The number of benzene rings is 1. The predicted molar refractivity (Wildman–Crippen MR) is 76.3 cm³/mol. The number of rotatable bonds is 4. The SMILES string of the molecule is CCCC(C#N)C(=O)Nc1cc(C)c(Br)c(C)c1. The smallest absolute Gasteiger partial charge is 0.241 e. The lowest BCUT2D eigenvalue weighted by Gasteiger charge is -2.12. The normalized spacial score (nSPS) is 11.7. The summed E-state index contributed by atoms with van der Waals surface area (Å²) in [6, 6.07) is 5.84. The summed E-state index contributed by atoms with van der Waals surface area (Å²) in [4.78, 5) is 11.9. The summed E-state index contributed by atoms with van der Waals surface area (Å²) in [5.41, 5.74) is 2.87. The predicted octanol–water partition coefficient (Wildman–Crippen LogP) is 3.94. The van der Waals surface area contributed by atoms with Gasteiger partial charge in [0.25, 0.3) is 0 Å². The van der Waals surface area contributed by atoms with Crippen molar-refractivity contribution < 1.29 is 4.79 Å². The highest BCUT2D eigenvalue weighted by Gasteiger charge is 2.17. The van der Waals surface area contributed by atoms with E-state index in [4.69, 9.17) is 5.26 Å². The van der Waals surface area contributed by atoms with Crippen LogP contribution in [0, 0.1) is 31.1 Å². The zero-order valence-corrected chi connectivity index (χ0v) is 12.5. The van der Waals surface area contributed by atoms with Gasteiger partial charge in [0.05, 0.1) is 6.07 Å². The second-order valence-electron chi connectivity index (χ2n) is 4.38. The Hall–Kier alpha value is -1.34. The first-order chi connectivity index (χ1) is 8.49. The standard InChI is InChI=1S/C14H17BrN2O/c1-4-5-11(8-16)14(18)17-12-6-9(2)13(15)10(3)7-12/h6-7,11H,4-5H2,1-3H3,(H,17,18). The number of aryl methyl sites for hydroxylation is 2. The number of hydrogen-bond acceptors (Lipinski definition) is 2. The van der Waals surface area contributed by atoms with E-state index in [0.717, 1.165) is 27.7 Å². The van der Waals surface area contributed by atoms with Gasteiger partial charge in [-0.1, -0.05) is 29.3 Å². The van der Waals surface area contributed by atoms with Gasteiger partial charge in [-0.3, -0.25) is 4.79 Å². The van der Waals surface area contributed by atoms with Crippen molar-refractivity contribution in [2.24, 2.45) is 5.92 Å². The summed E-state index contributed by atoms with van der Waals surface area (Å²) in [6.45, 7) is 5.91. The molecule has 0 aromatic heterocycles. The van der Waals surface area contributed by atoms with Crippen LogP contribution >= 0.6 is 15.9 Å². The molecular weight excluding hydrogens is 292 g/mol. The minimum Gasteiger partial charge on any atom is -0.325 e. The first-order valence-corrected chi connectivity index (χ1v) is 6.76. The van der Waals surface area contributed by atoms with Gasteiger partial charge >= 0.3 is 0 Å². The maximum atomic E-state index is 11.9. The Morgan fingerprint density at radius 3 is 2.44 bits per heavy atom. The summed E-state index contributed by atoms with van der Waals surface area (Å²) in [6.07, 6.45) is 1.42. The van der Waals surface area contributed by atoms with E-state index in [2.05, 4.69) is 21.2 Å². The highest BCUT2D eigenvalue weighted by Crippen LogP contribution is 2.25. The average molecular weight is 309 g/mol. The first kappa shape index (κ1) is 14.7. The molecule has 0 spiro atoms. The molecule has 0 saturated heterocycles. The Labute approximate surface area is 116 Å². The van der Waals surface area contributed by atoms with Crippen LogP contribution in [0.1, 0.15) is 30.9 Å². The van der Waals surface area contributed by atoms with Crippen LogP contribution < -0.4 is 5.32 Å². The summed E-state index contributed by atoms with van der Waals surface area (Å²) in [5.74, 6) is -0.792. The average Bonchev–Trinajstić information content (AvgIpc) is 2.32. The molecule has 0 heterocycles. The second kappa shape index (κ2) is 6.55. The maximum absolute atomic E-state index is 11.9. The van der Waals surface area contributed by atoms with Crippen LogP contribution in [-0.2, 0) is 4.79 Å². The Morgan fingerprint density at radius 1 is 1.44 bits per heavy atom. The van der Waals surface area contributed by atoms with Gasteiger partial charge in [-0.05, 0) is 43.5 Å². The summed E-state index contributed by atoms with van der Waals surface area (Å²) >= 11 is 3.48. The first-order valence-electron chi connectivity index (χ1n) is 5.96. The third kappa shape index (κ3) is 3.58. The monoisotopic (exact) mass is 308 g/mol. The molecular formula is C14H17BrN2O. The van der Waals surface area contributed by atoms with Gasteiger partial charge in [-0.2, -0.15) is 5.26 Å². The molecule has 0 aliphatic rings. The number of nitrogens with one attached hydrogen (secondary N) is 1. The highest BCUT2D eigenvalue weighted by molar-refractivity contribution is 9.10. The van der Waals surface area contributed by atoms with Crippen molar-refractivity contribution in [1.82, 2.24) is 0 Å². The molecule has 0 fully saturated rings. The van der Waals surface area contributed by atoms with E-state index in [0.29, 0.717) is 6.42 Å². The van der Waals surface area contributed by atoms with Crippen molar-refractivity contribution in [2.45, 2.75) is 33.6 Å². The molecule has 0 aliphatic carbocycles. The number of amides is 1. The lowest BCUT2D eigenvalue weighted by molar-refractivity contribution is -0.118. The van der Waals surface area contributed by atoms with Crippen molar-refractivity contribution in [3.63, 3.8) is 0 Å². The number of anilines is 1. The van der Waals surface area contributed by atoms with Gasteiger partial charge in [0, 0.05) is 10.2 Å². The molecule has 1 aromatic carbocycles. The van der Waals surface area contributed by atoms with Crippen molar-refractivity contribution in [1.29, 1.82) is 5.26 Å². The van der Waals surface area contributed by atoms with Gasteiger partial charge in [0.2, 0.25) is 5.91 Å². The lowest BCUT2D eigenvalue weighted by Crippen LogP contribution is -2.21. The van der Waals surface area contributed by atoms with Gasteiger partial charge in [-0.25, -0.2) is 0 Å². The van der Waals surface area contributed by atoms with Crippen LogP contribution in [0.15, 0.2) is 16.6 Å². The molecule has 0 aliphatic heterocycles. The molecule has 1 atom stereocenters. The molecule has 96 valence electrons. The van der Waals surface area contributed by atoms with E-state index >= 15 is 0 Å². The fraction of sp³-hybridized carbons (Fsp3) is 0.429. The van der Waals surface area contributed by atoms with E-state index in [1.807, 2.05) is 39.0 Å². The summed E-state index contributed by atoms with van der Waals surface area (Å²) < 4.78 is 1.05. The van der Waals surface area contributed by atoms with Gasteiger partial charge in [0.15, 0.2) is 0 Å². The number of hydrogen-bond donors (Lipinski definition) is 1. The van der Waals surface area contributed by atoms with Gasteiger partial charge in [-0.15, -0.1) is 0 Å². The highest BCUT2D eigenvalue weighted by atomic mass is 79.9. The minimum absolute atomic E-state index is 0.222. The Kier molecular flexibility index (Phi) is 5.36. The zero-order chi connectivity index (χ0) is 13.7. The molecule has 0 bridgehead atoms. The summed E-state index contributed by atoms with van der Waals surface area (Å²) in [7, 11) is 0. The van der Waals surface area contributed by atoms with Gasteiger partial charge in [0.1, 0.15) is 5.92 Å². The zero-order valence-electron chi connectivity index (χ0n) is 10.9. The van der Waals surface area contributed by atoms with Crippen LogP contribution in [0.4, 0.5) is 5.69 Å². The van der Waals surface area contributed by atoms with Crippen LogP contribution in [0.3, 0.4) is 0 Å². The Morgan fingerprint density at radius 2 is 2.00 bits per heavy atom. The van der Waals surface area contributed by atoms with Crippen LogP contribution in [0.2, 0.25) is 0 Å². The fourth-order valence-corrected chi connectivity index (χ4v) is 2.02. The molecule has 1 aromatic rings. The fourth-order valence-electron chi connectivity index (χ4n) is 1.79. The maximum Gasteiger partial charge on any atom is 0.241 e. The molecule has 18 heavy (non-hydrogen) atoms. The number of nitriles is 1. The van der Waals surface area contributed by atoms with Crippen LogP contribution in [0.5, 0.6) is 0 Å². The molecule has 1 N–H and O–H groups in total. The minimum atomic E-state index is -0.570. The summed E-state index contributed by atoms with van der Waals surface area (Å²) in [5, 5.41) is 11.7. The van der Waals surface area contributed by atoms with Gasteiger partial charge < -0.3 is 5.32 Å². The van der Waals surface area contributed by atoms with Crippen molar-refractivity contribution in [3.05, 3.63) is 27.7 Å². The molecule has 1 unspecified atom stereocenters. The van der Waals surface area contributed by atoms with E-state index in [9.17, 15) is 4.79 Å². The third-order valence-electron chi connectivity index (χ3n) is 2.75. The number of carbonyl (C=O) groups excluding carboxylic acids is 1. The molecule has 0 saturated carbocycles. The van der Waals surface area contributed by atoms with Crippen molar-refractivity contribution >= 4 is 27.5 Å². The lowest BCUT2D eigenvalue weighted by atomic mass is 10.0. The van der Waals surface area contributed by atoms with Crippen molar-refractivity contribution in [2.75, 3.05) is 5.32 Å². The topological polar surface area (TPSA) is 52.9 Å². The van der Waals surface area contributed by atoms with Crippen LogP contribution in [-0.4, -0.2) is 5.91 Å². The molecule has 1 amide bonds. The molecule has 1 rings (SSSR count). The molecule has 4 heteroatoms.